The van der Waals surface area contributed by atoms with Crippen molar-refractivity contribution in [3.8, 4) is 6.07 Å². The molecule has 0 radical (unpaired) electrons. The average Bonchev–Trinajstić information content (AvgIpc) is 2.29. The molecule has 1 heterocycles. The first-order chi connectivity index (χ1) is 8.11. The molecular weight excluding hydrogens is 227 g/mol. The Bertz CT molecular complexity index is 444. The van der Waals surface area contributed by atoms with Crippen molar-refractivity contribution in [1.82, 2.24) is 0 Å². The number of hydrogen-bond acceptors (Lipinski definition) is 3. The molecule has 1 fully saturated rings. The lowest BCUT2D eigenvalue weighted by atomic mass is 9.77. The van der Waals surface area contributed by atoms with E-state index in [1.165, 1.54) is 6.07 Å². The zero-order chi connectivity index (χ0) is 12.4. The fraction of sp³-hybridized carbons (Fsp3) is 0.364. The van der Waals surface area contributed by atoms with Gasteiger partial charge in [0, 0.05) is 13.2 Å². The summed E-state index contributed by atoms with van der Waals surface area (Å²) in [4.78, 5) is 0. The lowest BCUT2D eigenvalue weighted by molar-refractivity contribution is 0.0957. The topological polar surface area (TPSA) is 42.2 Å². The lowest BCUT2D eigenvalue weighted by Gasteiger charge is -2.24. The predicted molar refractivity (Wildman–Crippen MR) is 57.5 cm³/mol. The lowest BCUT2D eigenvalue weighted by Crippen LogP contribution is -2.44. The molecule has 1 saturated heterocycles. The molecule has 0 spiro atoms. The molecular formula is C11H10BF2NO2. The van der Waals surface area contributed by atoms with Gasteiger partial charge in [-0.2, -0.15) is 5.26 Å². The minimum absolute atomic E-state index is 0.255. The third kappa shape index (κ3) is 2.46. The fourth-order valence-electron chi connectivity index (χ4n) is 1.63. The Balaban J connectivity index is 2.26. The Kier molecular flexibility index (Phi) is 3.41. The zero-order valence-corrected chi connectivity index (χ0v) is 9.24. The van der Waals surface area contributed by atoms with Crippen molar-refractivity contribution in [2.45, 2.75) is 6.92 Å². The van der Waals surface area contributed by atoms with Gasteiger partial charge in [-0.15, -0.1) is 0 Å². The van der Waals surface area contributed by atoms with Gasteiger partial charge in [-0.1, -0.05) is 6.92 Å². The van der Waals surface area contributed by atoms with E-state index in [4.69, 9.17) is 14.6 Å². The van der Waals surface area contributed by atoms with Crippen LogP contribution in [0.4, 0.5) is 8.78 Å². The van der Waals surface area contributed by atoms with Gasteiger partial charge in [0.1, 0.15) is 23.3 Å². The van der Waals surface area contributed by atoms with E-state index in [1.807, 2.05) is 6.92 Å². The number of halogens is 2. The molecule has 17 heavy (non-hydrogen) atoms. The van der Waals surface area contributed by atoms with E-state index in [1.54, 1.807) is 0 Å². The van der Waals surface area contributed by atoms with Crippen LogP contribution in [0.2, 0.25) is 0 Å². The van der Waals surface area contributed by atoms with Crippen molar-refractivity contribution >= 4 is 12.6 Å². The van der Waals surface area contributed by atoms with Crippen LogP contribution in [0.1, 0.15) is 12.5 Å². The molecule has 0 unspecified atom stereocenters. The summed E-state index contributed by atoms with van der Waals surface area (Å²) >= 11 is 0. The molecule has 0 amide bonds. The highest BCUT2D eigenvalue weighted by atomic mass is 19.1. The molecule has 0 saturated carbocycles. The van der Waals surface area contributed by atoms with Crippen LogP contribution in [0.25, 0.3) is 0 Å². The molecule has 88 valence electrons. The molecule has 0 N–H and O–H groups in total. The molecule has 3 nitrogen and oxygen atoms in total. The summed E-state index contributed by atoms with van der Waals surface area (Å²) in [5.41, 5.74) is -0.330. The predicted octanol–water partition coefficient (Wildman–Crippen LogP) is 1.21. The average molecular weight is 237 g/mol. The molecule has 0 atom stereocenters. The summed E-state index contributed by atoms with van der Waals surface area (Å²) in [6.07, 6.45) is 0. The molecule has 0 bridgehead atoms. The maximum atomic E-state index is 13.4. The Morgan fingerprint density at radius 1 is 1.29 bits per heavy atom. The van der Waals surface area contributed by atoms with Gasteiger partial charge < -0.3 is 9.31 Å². The third-order valence-electron chi connectivity index (χ3n) is 2.51. The zero-order valence-electron chi connectivity index (χ0n) is 9.24. The Labute approximate surface area is 98.1 Å². The van der Waals surface area contributed by atoms with E-state index >= 15 is 0 Å². The van der Waals surface area contributed by atoms with Crippen molar-refractivity contribution in [1.29, 1.82) is 5.26 Å². The number of nitrogens with zero attached hydrogens (tertiary/aromatic N) is 1. The summed E-state index contributed by atoms with van der Waals surface area (Å²) in [7, 11) is -0.761. The van der Waals surface area contributed by atoms with Crippen LogP contribution in [0.3, 0.4) is 0 Å². The van der Waals surface area contributed by atoms with Gasteiger partial charge in [-0.05, 0) is 23.5 Å². The Morgan fingerprint density at radius 2 is 1.82 bits per heavy atom. The van der Waals surface area contributed by atoms with E-state index in [0.29, 0.717) is 13.2 Å². The highest BCUT2D eigenvalue weighted by Crippen LogP contribution is 2.13. The van der Waals surface area contributed by atoms with Gasteiger partial charge in [-0.3, -0.25) is 0 Å². The van der Waals surface area contributed by atoms with Gasteiger partial charge in [0.05, 0.1) is 0 Å². The fourth-order valence-corrected chi connectivity index (χ4v) is 1.63. The maximum Gasteiger partial charge on any atom is 0.494 e. The molecule has 1 aliphatic rings. The van der Waals surface area contributed by atoms with Crippen molar-refractivity contribution in [2.24, 2.45) is 5.92 Å². The van der Waals surface area contributed by atoms with E-state index in [2.05, 4.69) is 0 Å². The van der Waals surface area contributed by atoms with E-state index < -0.39 is 24.3 Å². The highest BCUT2D eigenvalue weighted by Gasteiger charge is 2.29. The van der Waals surface area contributed by atoms with Crippen LogP contribution < -0.4 is 5.46 Å². The summed E-state index contributed by atoms with van der Waals surface area (Å²) in [6.45, 7) is 2.91. The molecule has 0 aliphatic carbocycles. The van der Waals surface area contributed by atoms with Crippen LogP contribution in [0.15, 0.2) is 12.1 Å². The Hall–Kier alpha value is -1.45. The summed E-state index contributed by atoms with van der Waals surface area (Å²) in [6, 6.07) is 3.61. The van der Waals surface area contributed by atoms with Gasteiger partial charge >= 0.3 is 7.12 Å². The van der Waals surface area contributed by atoms with E-state index in [-0.39, 0.29) is 11.4 Å². The first-order valence-electron chi connectivity index (χ1n) is 5.24. The Morgan fingerprint density at radius 3 is 2.29 bits per heavy atom. The third-order valence-corrected chi connectivity index (χ3v) is 2.51. The first-order valence-corrected chi connectivity index (χ1v) is 5.24. The van der Waals surface area contributed by atoms with E-state index in [0.717, 1.165) is 12.1 Å². The van der Waals surface area contributed by atoms with Crippen molar-refractivity contribution in [3.05, 3.63) is 29.3 Å². The van der Waals surface area contributed by atoms with Gasteiger partial charge in [-0.25, -0.2) is 8.78 Å². The normalized spacial score (nSPS) is 16.9. The molecule has 1 aromatic carbocycles. The van der Waals surface area contributed by atoms with Crippen LogP contribution in [-0.2, 0) is 9.31 Å². The molecule has 1 aromatic rings. The molecule has 0 aromatic heterocycles. The summed E-state index contributed by atoms with van der Waals surface area (Å²) in [5.74, 6) is -1.53. The minimum atomic E-state index is -0.895. The van der Waals surface area contributed by atoms with Crippen molar-refractivity contribution < 1.29 is 18.1 Å². The highest BCUT2D eigenvalue weighted by molar-refractivity contribution is 6.61. The second-order valence-electron chi connectivity index (χ2n) is 4.08. The number of hydrogen-bond donors (Lipinski definition) is 0. The maximum absolute atomic E-state index is 13.4. The largest absolute Gasteiger partial charge is 0.494 e. The van der Waals surface area contributed by atoms with Crippen LogP contribution in [-0.4, -0.2) is 20.3 Å². The molecule has 1 aliphatic heterocycles. The smallest absolute Gasteiger partial charge is 0.407 e. The molecule has 2 rings (SSSR count). The van der Waals surface area contributed by atoms with E-state index in [9.17, 15) is 8.78 Å². The second-order valence-corrected chi connectivity index (χ2v) is 4.08. The minimum Gasteiger partial charge on any atom is -0.407 e. The van der Waals surface area contributed by atoms with Crippen molar-refractivity contribution in [2.75, 3.05) is 13.2 Å². The van der Waals surface area contributed by atoms with Crippen LogP contribution in [0, 0.1) is 28.9 Å². The van der Waals surface area contributed by atoms with Gasteiger partial charge in [0.15, 0.2) is 0 Å². The summed E-state index contributed by atoms with van der Waals surface area (Å²) < 4.78 is 37.4. The molecule has 6 heteroatoms. The van der Waals surface area contributed by atoms with Gasteiger partial charge in [0.2, 0.25) is 0 Å². The van der Waals surface area contributed by atoms with Crippen LogP contribution >= 0.6 is 0 Å². The number of rotatable bonds is 1. The first kappa shape index (κ1) is 12.0. The second kappa shape index (κ2) is 4.82. The summed E-state index contributed by atoms with van der Waals surface area (Å²) in [5, 5.41) is 8.54. The SMILES string of the molecule is CC1COB(c2cc(F)c(C#N)c(F)c2)OC1. The standard InChI is InChI=1S/C11H10BF2NO2/c1-7-5-16-12(17-6-7)8-2-10(13)9(4-15)11(14)3-8/h2-3,7H,5-6H2,1H3. The quantitative estimate of drug-likeness (QED) is 0.689. The van der Waals surface area contributed by atoms with Crippen LogP contribution in [0.5, 0.6) is 0 Å². The number of benzene rings is 1. The van der Waals surface area contributed by atoms with Gasteiger partial charge in [0.25, 0.3) is 0 Å². The number of nitriles is 1. The monoisotopic (exact) mass is 237 g/mol. The van der Waals surface area contributed by atoms with Crippen molar-refractivity contribution in [3.63, 3.8) is 0 Å².